The number of amides is 2. The molecule has 0 aliphatic heterocycles. The van der Waals surface area contributed by atoms with Crippen molar-refractivity contribution in [3.63, 3.8) is 0 Å². The van der Waals surface area contributed by atoms with Crippen molar-refractivity contribution in [2.45, 2.75) is 39.7 Å². The van der Waals surface area contributed by atoms with Crippen molar-refractivity contribution in [1.29, 1.82) is 0 Å². The number of ether oxygens (including phenoxy) is 1. The van der Waals surface area contributed by atoms with Crippen LogP contribution < -0.4 is 15.6 Å². The van der Waals surface area contributed by atoms with Gasteiger partial charge in [-0.25, -0.2) is 4.39 Å². The SMILES string of the molecule is Cc1ccc(C)c(C(=O)CCC(=O)NNC(=O)C(C)Oc2ccccc2F)c1. The molecule has 1 atom stereocenters. The first-order valence-electron chi connectivity index (χ1n) is 8.88. The molecule has 2 rings (SSSR count). The molecule has 0 aromatic heterocycles. The zero-order chi connectivity index (χ0) is 20.7. The van der Waals surface area contributed by atoms with E-state index in [1.165, 1.54) is 25.1 Å². The van der Waals surface area contributed by atoms with Gasteiger partial charge in [-0.1, -0.05) is 29.8 Å². The number of hydrogen-bond acceptors (Lipinski definition) is 4. The Kier molecular flexibility index (Phi) is 7.26. The molecule has 0 radical (unpaired) electrons. The first-order valence-corrected chi connectivity index (χ1v) is 8.88. The third kappa shape index (κ3) is 5.90. The molecule has 0 heterocycles. The van der Waals surface area contributed by atoms with E-state index in [0.717, 1.165) is 11.1 Å². The highest BCUT2D eigenvalue weighted by atomic mass is 19.1. The summed E-state index contributed by atoms with van der Waals surface area (Å²) >= 11 is 0. The number of hydrogen-bond donors (Lipinski definition) is 2. The van der Waals surface area contributed by atoms with Crippen molar-refractivity contribution in [2.75, 3.05) is 0 Å². The highest BCUT2D eigenvalue weighted by Gasteiger charge is 2.17. The van der Waals surface area contributed by atoms with Crippen LogP contribution >= 0.6 is 0 Å². The molecule has 2 N–H and O–H groups in total. The summed E-state index contributed by atoms with van der Waals surface area (Å²) in [4.78, 5) is 36.1. The Morgan fingerprint density at radius 1 is 1.04 bits per heavy atom. The molecule has 0 saturated heterocycles. The zero-order valence-corrected chi connectivity index (χ0v) is 16.0. The zero-order valence-electron chi connectivity index (χ0n) is 16.0. The van der Waals surface area contributed by atoms with Gasteiger partial charge in [-0.15, -0.1) is 0 Å². The van der Waals surface area contributed by atoms with Crippen LogP contribution in [0.15, 0.2) is 42.5 Å². The predicted molar refractivity (Wildman–Crippen MR) is 102 cm³/mol. The maximum atomic E-state index is 13.5. The summed E-state index contributed by atoms with van der Waals surface area (Å²) < 4.78 is 18.8. The van der Waals surface area contributed by atoms with E-state index in [9.17, 15) is 18.8 Å². The molecule has 1 unspecified atom stereocenters. The van der Waals surface area contributed by atoms with Crippen LogP contribution in [0.3, 0.4) is 0 Å². The number of ketones is 1. The third-order valence-corrected chi connectivity index (χ3v) is 4.11. The summed E-state index contributed by atoms with van der Waals surface area (Å²) in [6.07, 6.45) is -1.07. The molecule has 0 bridgehead atoms. The van der Waals surface area contributed by atoms with Crippen LogP contribution in [0, 0.1) is 19.7 Å². The average Bonchev–Trinajstić information content (AvgIpc) is 2.67. The van der Waals surface area contributed by atoms with Crippen LogP contribution in [0.25, 0.3) is 0 Å². The van der Waals surface area contributed by atoms with Gasteiger partial charge in [-0.05, 0) is 44.5 Å². The highest BCUT2D eigenvalue weighted by Crippen LogP contribution is 2.17. The monoisotopic (exact) mass is 386 g/mol. The largest absolute Gasteiger partial charge is 0.478 e. The number of aryl methyl sites for hydroxylation is 2. The number of rotatable bonds is 7. The van der Waals surface area contributed by atoms with E-state index in [0.29, 0.717) is 5.56 Å². The first-order chi connectivity index (χ1) is 13.3. The molecule has 148 valence electrons. The molecular formula is C21H23FN2O4. The van der Waals surface area contributed by atoms with Crippen molar-refractivity contribution < 1.29 is 23.5 Å². The molecule has 2 aromatic rings. The van der Waals surface area contributed by atoms with E-state index in [2.05, 4.69) is 10.9 Å². The summed E-state index contributed by atoms with van der Waals surface area (Å²) in [6, 6.07) is 11.3. The lowest BCUT2D eigenvalue weighted by molar-refractivity contribution is -0.132. The number of halogens is 1. The van der Waals surface area contributed by atoms with Crippen LogP contribution in [-0.2, 0) is 9.59 Å². The van der Waals surface area contributed by atoms with Gasteiger partial charge in [0.2, 0.25) is 5.91 Å². The van der Waals surface area contributed by atoms with Crippen molar-refractivity contribution in [2.24, 2.45) is 0 Å². The Labute approximate surface area is 163 Å². The predicted octanol–water partition coefficient (Wildman–Crippen LogP) is 3.02. The number of benzene rings is 2. The summed E-state index contributed by atoms with van der Waals surface area (Å²) in [7, 11) is 0. The van der Waals surface area contributed by atoms with Gasteiger partial charge >= 0.3 is 0 Å². The molecule has 28 heavy (non-hydrogen) atoms. The van der Waals surface area contributed by atoms with Gasteiger partial charge in [-0.2, -0.15) is 0 Å². The molecule has 0 spiro atoms. The molecule has 0 saturated carbocycles. The van der Waals surface area contributed by atoms with Gasteiger partial charge in [0.15, 0.2) is 23.5 Å². The van der Waals surface area contributed by atoms with E-state index in [-0.39, 0.29) is 24.4 Å². The number of carbonyl (C=O) groups excluding carboxylic acids is 3. The normalized spacial score (nSPS) is 11.4. The standard InChI is InChI=1S/C21H23FN2O4/c1-13-8-9-14(2)16(12-13)18(25)10-11-20(26)23-24-21(27)15(3)28-19-7-5-4-6-17(19)22/h4-9,12,15H,10-11H2,1-3H3,(H,23,26)(H,24,27). The topological polar surface area (TPSA) is 84.5 Å². The van der Waals surface area contributed by atoms with Crippen molar-refractivity contribution >= 4 is 17.6 Å². The van der Waals surface area contributed by atoms with Crippen LogP contribution in [0.4, 0.5) is 4.39 Å². The van der Waals surface area contributed by atoms with E-state index in [4.69, 9.17) is 4.74 Å². The Hall–Kier alpha value is -3.22. The minimum atomic E-state index is -1.02. The second-order valence-corrected chi connectivity index (χ2v) is 6.47. The molecule has 0 aliphatic rings. The van der Waals surface area contributed by atoms with Gasteiger partial charge in [0.1, 0.15) is 0 Å². The van der Waals surface area contributed by atoms with Crippen molar-refractivity contribution in [1.82, 2.24) is 10.9 Å². The molecule has 2 aromatic carbocycles. The lowest BCUT2D eigenvalue weighted by atomic mass is 9.99. The lowest BCUT2D eigenvalue weighted by Crippen LogP contribution is -2.47. The Balaban J connectivity index is 1.78. The van der Waals surface area contributed by atoms with Gasteiger partial charge in [0, 0.05) is 18.4 Å². The molecule has 6 nitrogen and oxygen atoms in total. The van der Waals surface area contributed by atoms with E-state index in [1.54, 1.807) is 12.1 Å². The fraction of sp³-hybridized carbons (Fsp3) is 0.286. The quantitative estimate of drug-likeness (QED) is 0.566. The Morgan fingerprint density at radius 2 is 1.75 bits per heavy atom. The number of hydrazine groups is 1. The number of nitrogens with one attached hydrogen (secondary N) is 2. The molecule has 2 amide bonds. The lowest BCUT2D eigenvalue weighted by Gasteiger charge is -2.15. The van der Waals surface area contributed by atoms with Crippen molar-refractivity contribution in [3.05, 3.63) is 65.0 Å². The van der Waals surface area contributed by atoms with Gasteiger partial charge in [0.05, 0.1) is 0 Å². The minimum Gasteiger partial charge on any atom is -0.478 e. The fourth-order valence-corrected chi connectivity index (χ4v) is 2.48. The summed E-state index contributed by atoms with van der Waals surface area (Å²) in [5, 5.41) is 0. The maximum absolute atomic E-state index is 13.5. The Bertz CT molecular complexity index is 882. The number of carbonyl (C=O) groups is 3. The minimum absolute atomic E-state index is 0.0211. The van der Waals surface area contributed by atoms with Gasteiger partial charge in [-0.3, -0.25) is 25.2 Å². The molecule has 0 fully saturated rings. The van der Waals surface area contributed by atoms with Crippen LogP contribution in [0.5, 0.6) is 5.75 Å². The first kappa shape index (κ1) is 21.1. The second-order valence-electron chi connectivity index (χ2n) is 6.47. The maximum Gasteiger partial charge on any atom is 0.279 e. The summed E-state index contributed by atoms with van der Waals surface area (Å²) in [5.74, 6) is -1.94. The van der Waals surface area contributed by atoms with Crippen molar-refractivity contribution in [3.8, 4) is 5.75 Å². The second kappa shape index (κ2) is 9.64. The van der Waals surface area contributed by atoms with E-state index >= 15 is 0 Å². The summed E-state index contributed by atoms with van der Waals surface area (Å²) in [5.41, 5.74) is 6.85. The van der Waals surface area contributed by atoms with E-state index in [1.807, 2.05) is 26.0 Å². The third-order valence-electron chi connectivity index (χ3n) is 4.11. The number of para-hydroxylation sites is 1. The highest BCUT2D eigenvalue weighted by molar-refractivity contribution is 5.99. The van der Waals surface area contributed by atoms with E-state index < -0.39 is 23.7 Å². The van der Waals surface area contributed by atoms with Crippen LogP contribution in [0.1, 0.15) is 41.3 Å². The van der Waals surface area contributed by atoms with Gasteiger partial charge < -0.3 is 4.74 Å². The average molecular weight is 386 g/mol. The van der Waals surface area contributed by atoms with Gasteiger partial charge in [0.25, 0.3) is 5.91 Å². The van der Waals surface area contributed by atoms with Crippen LogP contribution in [-0.4, -0.2) is 23.7 Å². The number of Topliss-reactive ketones (excluding diaryl/α,β-unsaturated/α-hetero) is 1. The molecule has 7 heteroatoms. The fourth-order valence-electron chi connectivity index (χ4n) is 2.48. The molecule has 0 aliphatic carbocycles. The smallest absolute Gasteiger partial charge is 0.279 e. The summed E-state index contributed by atoms with van der Waals surface area (Å²) in [6.45, 7) is 5.16. The Morgan fingerprint density at radius 3 is 2.46 bits per heavy atom. The van der Waals surface area contributed by atoms with Crippen LogP contribution in [0.2, 0.25) is 0 Å². The molecular weight excluding hydrogens is 363 g/mol.